The number of aliphatic hydroxyl groups is 1. The fraction of sp³-hybridized carbons (Fsp3) is 0.579. The summed E-state index contributed by atoms with van der Waals surface area (Å²) in [5.41, 5.74) is 3.28. The van der Waals surface area contributed by atoms with Crippen LogP contribution in [0.3, 0.4) is 0 Å². The Morgan fingerprint density at radius 3 is 2.41 bits per heavy atom. The number of nitrogens with one attached hydrogen (secondary N) is 2. The number of anilines is 1. The third-order valence-corrected chi connectivity index (χ3v) is 5.48. The molecule has 1 aliphatic rings. The van der Waals surface area contributed by atoms with E-state index < -0.39 is 0 Å². The van der Waals surface area contributed by atoms with E-state index in [0.29, 0.717) is 25.3 Å². The van der Waals surface area contributed by atoms with Gasteiger partial charge in [-0.15, -0.1) is 0 Å². The van der Waals surface area contributed by atoms with Crippen molar-refractivity contribution in [2.75, 3.05) is 25.5 Å². The number of aliphatic hydroxyl groups excluding tert-OH is 1. The minimum absolute atomic E-state index is 0.00573. The molecule has 0 radical (unpaired) electrons. The summed E-state index contributed by atoms with van der Waals surface area (Å²) in [5.74, 6) is 0. The molecule has 0 bridgehead atoms. The Kier molecular flexibility index (Phi) is 5.57. The number of urea groups is 1. The molecular weight excluding hydrogens is 346 g/mol. The maximum absolute atomic E-state index is 12.5. The molecule has 0 saturated carbocycles. The van der Waals surface area contributed by atoms with Crippen LogP contribution in [0.4, 0.5) is 10.5 Å². The van der Waals surface area contributed by atoms with Crippen LogP contribution >= 0.6 is 0 Å². The number of carbonyl (C=O) groups excluding carboxylic acids is 1. The van der Waals surface area contributed by atoms with Gasteiger partial charge in [-0.25, -0.2) is 9.59 Å². The normalized spacial score (nSPS) is 20.3. The zero-order valence-corrected chi connectivity index (χ0v) is 16.5. The molecule has 3 rings (SSSR count). The Balaban J connectivity index is 1.82. The summed E-state index contributed by atoms with van der Waals surface area (Å²) < 4.78 is 3.47. The van der Waals surface area contributed by atoms with Crippen LogP contribution in [0.2, 0.25) is 0 Å². The number of hydrogen-bond donors (Lipinski definition) is 3. The second-order valence-electron chi connectivity index (χ2n) is 7.23. The van der Waals surface area contributed by atoms with Gasteiger partial charge in [0.25, 0.3) is 0 Å². The zero-order chi connectivity index (χ0) is 19.7. The fourth-order valence-electron chi connectivity index (χ4n) is 3.95. The number of imidazole rings is 1. The second-order valence-corrected chi connectivity index (χ2v) is 7.23. The van der Waals surface area contributed by atoms with Crippen molar-refractivity contribution >= 4 is 22.8 Å². The van der Waals surface area contributed by atoms with Crippen molar-refractivity contribution < 1.29 is 9.90 Å². The number of carbonyl (C=O) groups is 1. The first-order valence-corrected chi connectivity index (χ1v) is 9.51. The number of benzene rings is 1. The number of likely N-dealkylation sites (tertiary alicyclic amines) is 1. The molecule has 3 N–H and O–H groups in total. The number of nitrogens with zero attached hydrogens (tertiary/aromatic N) is 3. The van der Waals surface area contributed by atoms with Gasteiger partial charge in [0.05, 0.1) is 17.6 Å². The molecule has 2 unspecified atom stereocenters. The first-order valence-electron chi connectivity index (χ1n) is 9.51. The van der Waals surface area contributed by atoms with E-state index in [0.717, 1.165) is 23.0 Å². The highest BCUT2D eigenvalue weighted by Crippen LogP contribution is 2.24. The molecule has 2 atom stereocenters. The van der Waals surface area contributed by atoms with Crippen molar-refractivity contribution in [3.8, 4) is 0 Å². The van der Waals surface area contributed by atoms with Crippen LogP contribution < -0.4 is 16.3 Å². The summed E-state index contributed by atoms with van der Waals surface area (Å²) in [7, 11) is 1.95. The molecule has 1 aromatic carbocycles. The fourth-order valence-corrected chi connectivity index (χ4v) is 3.95. The topological polar surface area (TPSA) is 91.5 Å². The number of aryl methyl sites for hydroxylation is 3. The van der Waals surface area contributed by atoms with Gasteiger partial charge in [-0.1, -0.05) is 0 Å². The largest absolute Gasteiger partial charge is 0.395 e. The van der Waals surface area contributed by atoms with Gasteiger partial charge in [0, 0.05) is 37.4 Å². The summed E-state index contributed by atoms with van der Waals surface area (Å²) in [6, 6.07) is 3.65. The number of fused-ring (bicyclic) bond motifs is 1. The average molecular weight is 375 g/mol. The first-order chi connectivity index (χ1) is 12.9. The summed E-state index contributed by atoms with van der Waals surface area (Å²) >= 11 is 0. The molecule has 1 aromatic heterocycles. The molecule has 2 aromatic rings. The van der Waals surface area contributed by atoms with E-state index in [9.17, 15) is 14.7 Å². The zero-order valence-electron chi connectivity index (χ0n) is 16.5. The van der Waals surface area contributed by atoms with Crippen molar-refractivity contribution in [1.29, 1.82) is 0 Å². The number of amides is 2. The molecule has 148 valence electrons. The van der Waals surface area contributed by atoms with Crippen molar-refractivity contribution in [2.24, 2.45) is 0 Å². The van der Waals surface area contributed by atoms with E-state index in [-0.39, 0.29) is 30.4 Å². The maximum atomic E-state index is 12.5. The number of hydrogen-bond acceptors (Lipinski definition) is 4. The van der Waals surface area contributed by atoms with Crippen LogP contribution in [0.5, 0.6) is 0 Å². The van der Waals surface area contributed by atoms with Gasteiger partial charge in [0.15, 0.2) is 0 Å². The lowest BCUT2D eigenvalue weighted by Gasteiger charge is -2.15. The lowest BCUT2D eigenvalue weighted by atomic mass is 10.1. The second kappa shape index (κ2) is 7.74. The molecule has 0 aliphatic carbocycles. The Bertz CT molecular complexity index is 901. The van der Waals surface area contributed by atoms with Crippen LogP contribution in [-0.2, 0) is 13.1 Å². The SMILES string of the molecule is CCn1c(=O)n(CC)c2cc(NC(=O)NC3CC(CO)N(C)C3)c(C)cc21. The molecule has 8 nitrogen and oxygen atoms in total. The quantitative estimate of drug-likeness (QED) is 0.735. The van der Waals surface area contributed by atoms with Crippen LogP contribution in [0.1, 0.15) is 25.8 Å². The van der Waals surface area contributed by atoms with Gasteiger partial charge in [-0.3, -0.25) is 14.0 Å². The van der Waals surface area contributed by atoms with Crippen molar-refractivity contribution in [2.45, 2.75) is 52.4 Å². The standard InChI is InChI=1S/C19H29N5O3/c1-5-23-16-7-12(3)15(9-17(16)24(6-2)19(23)27)21-18(26)20-13-8-14(11-25)22(4)10-13/h7,9,13-14,25H,5-6,8,10-11H2,1-4H3,(H2,20,21,26). The number of likely N-dealkylation sites (N-methyl/N-ethyl adjacent to an activating group) is 1. The van der Waals surface area contributed by atoms with Gasteiger partial charge in [-0.05, 0) is 51.9 Å². The molecule has 1 saturated heterocycles. The van der Waals surface area contributed by atoms with Gasteiger partial charge >= 0.3 is 11.7 Å². The van der Waals surface area contributed by atoms with E-state index in [4.69, 9.17) is 0 Å². The van der Waals surface area contributed by atoms with Gasteiger partial charge in [0.1, 0.15) is 0 Å². The smallest absolute Gasteiger partial charge is 0.329 e. The van der Waals surface area contributed by atoms with E-state index >= 15 is 0 Å². The van der Waals surface area contributed by atoms with Crippen LogP contribution in [0, 0.1) is 6.92 Å². The predicted molar refractivity (Wildman–Crippen MR) is 106 cm³/mol. The molecule has 0 spiro atoms. The molecular formula is C19H29N5O3. The van der Waals surface area contributed by atoms with Gasteiger partial charge in [0.2, 0.25) is 0 Å². The average Bonchev–Trinajstić information content (AvgIpc) is 3.10. The van der Waals surface area contributed by atoms with E-state index in [1.807, 2.05) is 40.0 Å². The Labute approximate surface area is 158 Å². The minimum atomic E-state index is -0.269. The summed E-state index contributed by atoms with van der Waals surface area (Å²) in [6.45, 7) is 7.81. The highest BCUT2D eigenvalue weighted by atomic mass is 16.3. The Morgan fingerprint density at radius 2 is 1.85 bits per heavy atom. The van der Waals surface area contributed by atoms with Gasteiger partial charge in [-0.2, -0.15) is 0 Å². The van der Waals surface area contributed by atoms with Crippen LogP contribution in [0.25, 0.3) is 11.0 Å². The monoisotopic (exact) mass is 375 g/mol. The van der Waals surface area contributed by atoms with E-state index in [2.05, 4.69) is 15.5 Å². The number of rotatable bonds is 5. The third-order valence-electron chi connectivity index (χ3n) is 5.48. The van der Waals surface area contributed by atoms with E-state index in [1.165, 1.54) is 0 Å². The summed E-state index contributed by atoms with van der Waals surface area (Å²) in [5, 5.41) is 15.3. The molecule has 27 heavy (non-hydrogen) atoms. The lowest BCUT2D eigenvalue weighted by molar-refractivity contribution is 0.182. The Hall–Kier alpha value is -2.32. The first kappa shape index (κ1) is 19.4. The molecule has 1 aliphatic heterocycles. The van der Waals surface area contributed by atoms with Gasteiger partial charge < -0.3 is 15.7 Å². The summed E-state index contributed by atoms with van der Waals surface area (Å²) in [6.07, 6.45) is 0.729. The minimum Gasteiger partial charge on any atom is -0.395 e. The molecule has 2 amide bonds. The van der Waals surface area contributed by atoms with Crippen molar-refractivity contribution in [3.05, 3.63) is 28.2 Å². The highest BCUT2D eigenvalue weighted by molar-refractivity contribution is 5.93. The third kappa shape index (κ3) is 3.59. The van der Waals surface area contributed by atoms with Crippen molar-refractivity contribution in [3.63, 3.8) is 0 Å². The van der Waals surface area contributed by atoms with Crippen molar-refractivity contribution in [1.82, 2.24) is 19.4 Å². The highest BCUT2D eigenvalue weighted by Gasteiger charge is 2.29. The Morgan fingerprint density at radius 1 is 1.22 bits per heavy atom. The van der Waals surface area contributed by atoms with Crippen LogP contribution in [-0.4, -0.2) is 57.5 Å². The van der Waals surface area contributed by atoms with Crippen LogP contribution in [0.15, 0.2) is 16.9 Å². The molecule has 2 heterocycles. The lowest BCUT2D eigenvalue weighted by Crippen LogP contribution is -2.39. The molecule has 1 fully saturated rings. The van der Waals surface area contributed by atoms with E-state index in [1.54, 1.807) is 9.13 Å². The molecule has 8 heteroatoms. The number of aromatic nitrogens is 2. The maximum Gasteiger partial charge on any atom is 0.329 e. The summed E-state index contributed by atoms with van der Waals surface area (Å²) in [4.78, 5) is 27.0. The predicted octanol–water partition coefficient (Wildman–Crippen LogP) is 1.34.